The summed E-state index contributed by atoms with van der Waals surface area (Å²) in [7, 11) is 0. The maximum atomic E-state index is 12.8. The molecular weight excluding hydrogens is 380 g/mol. The minimum Gasteiger partial charge on any atom is -0.345 e. The number of nitrogens with zero attached hydrogens (tertiary/aromatic N) is 3. The van der Waals surface area contributed by atoms with Crippen molar-refractivity contribution in [3.05, 3.63) is 63.5 Å². The molecule has 0 saturated heterocycles. The van der Waals surface area contributed by atoms with Crippen LogP contribution in [0.3, 0.4) is 0 Å². The highest BCUT2D eigenvalue weighted by molar-refractivity contribution is 6.35. The van der Waals surface area contributed by atoms with Gasteiger partial charge in [-0.1, -0.05) is 23.2 Å². The Kier molecular flexibility index (Phi) is 4.57. The molecular formula is C15H9Cl2F3N4O. The van der Waals surface area contributed by atoms with Crippen LogP contribution >= 0.6 is 23.2 Å². The van der Waals surface area contributed by atoms with Crippen molar-refractivity contribution >= 4 is 34.8 Å². The van der Waals surface area contributed by atoms with E-state index in [-0.39, 0.29) is 28.6 Å². The summed E-state index contributed by atoms with van der Waals surface area (Å²) in [5, 5.41) is 10.6. The molecule has 0 aliphatic heterocycles. The molecule has 0 fully saturated rings. The Morgan fingerprint density at radius 3 is 2.64 bits per heavy atom. The molecule has 0 radical (unpaired) electrons. The number of benzene rings is 1. The Bertz CT molecular complexity index is 956. The molecule has 2 aromatic heterocycles. The summed E-state index contributed by atoms with van der Waals surface area (Å²) in [6, 6.07) is 6.52. The van der Waals surface area contributed by atoms with E-state index < -0.39 is 17.6 Å². The summed E-state index contributed by atoms with van der Waals surface area (Å²) < 4.78 is 39.6. The zero-order valence-electron chi connectivity index (χ0n) is 12.3. The molecule has 1 N–H and O–H groups in total. The zero-order valence-corrected chi connectivity index (χ0v) is 13.8. The number of aromatic nitrogens is 3. The molecule has 3 aromatic rings. The van der Waals surface area contributed by atoms with Crippen molar-refractivity contribution in [3.63, 3.8) is 0 Å². The third-order valence-corrected chi connectivity index (χ3v) is 3.95. The van der Waals surface area contributed by atoms with Crippen LogP contribution in [0.25, 0.3) is 5.65 Å². The largest absolute Gasteiger partial charge is 0.417 e. The van der Waals surface area contributed by atoms with Crippen LogP contribution in [0, 0.1) is 0 Å². The van der Waals surface area contributed by atoms with Crippen LogP contribution in [0.2, 0.25) is 10.0 Å². The van der Waals surface area contributed by atoms with Gasteiger partial charge in [-0.2, -0.15) is 13.2 Å². The first-order valence-electron chi connectivity index (χ1n) is 6.90. The van der Waals surface area contributed by atoms with Crippen LogP contribution in [0.1, 0.15) is 21.7 Å². The lowest BCUT2D eigenvalue weighted by Gasteiger charge is -2.08. The van der Waals surface area contributed by atoms with Gasteiger partial charge in [-0.3, -0.25) is 9.20 Å². The van der Waals surface area contributed by atoms with E-state index in [0.717, 1.165) is 12.3 Å². The summed E-state index contributed by atoms with van der Waals surface area (Å²) in [5.41, 5.74) is -0.456. The van der Waals surface area contributed by atoms with Crippen molar-refractivity contribution in [1.29, 1.82) is 0 Å². The third-order valence-electron chi connectivity index (χ3n) is 3.38. The maximum Gasteiger partial charge on any atom is 0.417 e. The van der Waals surface area contributed by atoms with Gasteiger partial charge in [-0.05, 0) is 30.3 Å². The number of amides is 1. The summed E-state index contributed by atoms with van der Waals surface area (Å²) >= 11 is 11.8. The molecule has 10 heteroatoms. The monoisotopic (exact) mass is 388 g/mol. The number of halogens is 5. The molecule has 25 heavy (non-hydrogen) atoms. The summed E-state index contributed by atoms with van der Waals surface area (Å²) in [4.78, 5) is 12.2. The number of hydrogen-bond acceptors (Lipinski definition) is 3. The molecule has 130 valence electrons. The highest BCUT2D eigenvalue weighted by Gasteiger charge is 2.31. The fourth-order valence-electron chi connectivity index (χ4n) is 2.15. The molecule has 0 spiro atoms. The lowest BCUT2D eigenvalue weighted by molar-refractivity contribution is -0.137. The van der Waals surface area contributed by atoms with Gasteiger partial charge in [-0.15, -0.1) is 10.2 Å². The normalized spacial score (nSPS) is 11.7. The van der Waals surface area contributed by atoms with E-state index in [4.69, 9.17) is 23.2 Å². The van der Waals surface area contributed by atoms with Crippen molar-refractivity contribution in [2.24, 2.45) is 0 Å². The number of pyridine rings is 1. The topological polar surface area (TPSA) is 59.3 Å². The molecule has 0 bridgehead atoms. The zero-order chi connectivity index (χ0) is 18.2. The summed E-state index contributed by atoms with van der Waals surface area (Å²) in [5.74, 6) is -0.385. The van der Waals surface area contributed by atoms with Gasteiger partial charge in [0.15, 0.2) is 11.5 Å². The van der Waals surface area contributed by atoms with Crippen molar-refractivity contribution in [3.8, 4) is 0 Å². The highest BCUT2D eigenvalue weighted by atomic mass is 35.5. The van der Waals surface area contributed by atoms with Crippen LogP contribution < -0.4 is 5.32 Å². The molecule has 0 atom stereocenters. The fraction of sp³-hybridized carbons (Fsp3) is 0.133. The predicted octanol–water partition coefficient (Wildman–Crippen LogP) is 3.98. The van der Waals surface area contributed by atoms with Gasteiger partial charge in [-0.25, -0.2) is 0 Å². The number of nitrogens with one attached hydrogen (secondary N) is 1. The van der Waals surface area contributed by atoms with Gasteiger partial charge in [0.25, 0.3) is 5.91 Å². The number of carbonyl (C=O) groups is 1. The first kappa shape index (κ1) is 17.5. The van der Waals surface area contributed by atoms with Crippen LogP contribution in [-0.2, 0) is 12.7 Å². The quantitative estimate of drug-likeness (QED) is 0.737. The van der Waals surface area contributed by atoms with Crippen LogP contribution in [0.5, 0.6) is 0 Å². The number of hydrogen-bond donors (Lipinski definition) is 1. The lowest BCUT2D eigenvalue weighted by Crippen LogP contribution is -2.24. The van der Waals surface area contributed by atoms with Gasteiger partial charge < -0.3 is 5.32 Å². The van der Waals surface area contributed by atoms with Crippen LogP contribution in [0.4, 0.5) is 13.2 Å². The van der Waals surface area contributed by atoms with E-state index >= 15 is 0 Å². The number of fused-ring (bicyclic) bond motifs is 1. The average Bonchev–Trinajstić information content (AvgIpc) is 2.96. The molecule has 0 aliphatic rings. The Hall–Kier alpha value is -2.32. The van der Waals surface area contributed by atoms with E-state index in [1.54, 1.807) is 0 Å². The molecule has 5 nitrogen and oxygen atoms in total. The van der Waals surface area contributed by atoms with E-state index in [0.29, 0.717) is 5.02 Å². The van der Waals surface area contributed by atoms with Crippen molar-refractivity contribution in [1.82, 2.24) is 19.9 Å². The van der Waals surface area contributed by atoms with Gasteiger partial charge in [0.05, 0.1) is 22.7 Å². The molecule has 2 heterocycles. The van der Waals surface area contributed by atoms with Crippen molar-refractivity contribution in [2.75, 3.05) is 0 Å². The molecule has 0 aliphatic carbocycles. The van der Waals surface area contributed by atoms with Gasteiger partial charge in [0.2, 0.25) is 0 Å². The van der Waals surface area contributed by atoms with E-state index in [2.05, 4.69) is 15.5 Å². The minimum atomic E-state index is -4.49. The molecule has 1 amide bonds. The van der Waals surface area contributed by atoms with Crippen LogP contribution in [-0.4, -0.2) is 20.5 Å². The SMILES string of the molecule is O=C(NCc1nnc2ccc(C(F)(F)F)cn12)c1cc(Cl)ccc1Cl. The summed E-state index contributed by atoms with van der Waals surface area (Å²) in [6.45, 7) is -0.135. The highest BCUT2D eigenvalue weighted by Crippen LogP contribution is 2.29. The number of alkyl halides is 3. The standard InChI is InChI=1S/C15H9Cl2F3N4O/c16-9-2-3-11(17)10(5-9)14(25)21-6-13-23-22-12-4-1-8(7-24(12)13)15(18,19)20/h1-5,7H,6H2,(H,21,25). The Labute approximate surface area is 149 Å². The van der Waals surface area contributed by atoms with Gasteiger partial charge in [0.1, 0.15) is 0 Å². The fourth-order valence-corrected chi connectivity index (χ4v) is 2.53. The second-order valence-corrected chi connectivity index (χ2v) is 5.91. The lowest BCUT2D eigenvalue weighted by atomic mass is 10.2. The molecule has 1 aromatic carbocycles. The maximum absolute atomic E-state index is 12.8. The minimum absolute atomic E-state index is 0.135. The summed E-state index contributed by atoms with van der Waals surface area (Å²) in [6.07, 6.45) is -3.61. The van der Waals surface area contributed by atoms with Gasteiger partial charge >= 0.3 is 6.18 Å². The Balaban J connectivity index is 1.83. The average molecular weight is 389 g/mol. The molecule has 3 rings (SSSR count). The third kappa shape index (κ3) is 3.69. The van der Waals surface area contributed by atoms with E-state index in [1.165, 1.54) is 28.7 Å². The Morgan fingerprint density at radius 2 is 1.92 bits per heavy atom. The molecule has 0 saturated carbocycles. The smallest absolute Gasteiger partial charge is 0.345 e. The van der Waals surface area contributed by atoms with E-state index in [1.807, 2.05) is 0 Å². The van der Waals surface area contributed by atoms with Crippen LogP contribution in [0.15, 0.2) is 36.5 Å². The van der Waals surface area contributed by atoms with Crippen molar-refractivity contribution in [2.45, 2.75) is 12.7 Å². The second-order valence-electron chi connectivity index (χ2n) is 5.07. The number of rotatable bonds is 3. The van der Waals surface area contributed by atoms with E-state index in [9.17, 15) is 18.0 Å². The molecule has 0 unspecified atom stereocenters. The predicted molar refractivity (Wildman–Crippen MR) is 85.6 cm³/mol. The number of carbonyl (C=O) groups excluding carboxylic acids is 1. The first-order valence-corrected chi connectivity index (χ1v) is 7.65. The van der Waals surface area contributed by atoms with Gasteiger partial charge in [0, 0.05) is 11.2 Å². The first-order chi connectivity index (χ1) is 11.8. The second kappa shape index (κ2) is 6.53. The Morgan fingerprint density at radius 1 is 1.16 bits per heavy atom. The van der Waals surface area contributed by atoms with Crippen molar-refractivity contribution < 1.29 is 18.0 Å².